The molecule has 0 unspecified atom stereocenters. The van der Waals surface area contributed by atoms with E-state index in [1.165, 1.54) is 11.1 Å². The summed E-state index contributed by atoms with van der Waals surface area (Å²) in [5, 5.41) is 3.35. The van der Waals surface area contributed by atoms with Crippen LogP contribution in [0.4, 0.5) is 5.69 Å². The molecule has 0 bridgehead atoms. The number of aldehydes is 1. The van der Waals surface area contributed by atoms with Crippen molar-refractivity contribution >= 4 is 12.0 Å². The zero-order valence-electron chi connectivity index (χ0n) is 12.3. The molecule has 20 heavy (non-hydrogen) atoms. The van der Waals surface area contributed by atoms with Gasteiger partial charge in [-0.1, -0.05) is 45.0 Å². The summed E-state index contributed by atoms with van der Waals surface area (Å²) in [5.74, 6) is 0. The van der Waals surface area contributed by atoms with Crippen molar-refractivity contribution < 1.29 is 4.79 Å². The van der Waals surface area contributed by atoms with E-state index < -0.39 is 0 Å². The Labute approximate surface area is 120 Å². The summed E-state index contributed by atoms with van der Waals surface area (Å²) in [6, 6.07) is 16.2. The number of hydrogen-bond donors (Lipinski definition) is 1. The molecule has 0 radical (unpaired) electrons. The van der Waals surface area contributed by atoms with Crippen molar-refractivity contribution in [2.24, 2.45) is 0 Å². The molecule has 104 valence electrons. The predicted molar refractivity (Wildman–Crippen MR) is 84.3 cm³/mol. The standard InChI is InChI=1S/C18H21NO/c1-18(2,3)16-8-4-14(5-9-16)12-19-17-10-6-15(13-20)7-11-17/h4-11,13,19H,12H2,1-3H3. The van der Waals surface area contributed by atoms with E-state index in [9.17, 15) is 4.79 Å². The first kappa shape index (κ1) is 14.3. The molecule has 2 nitrogen and oxygen atoms in total. The first-order valence-electron chi connectivity index (χ1n) is 6.87. The number of carbonyl (C=O) groups excluding carboxylic acids is 1. The van der Waals surface area contributed by atoms with Gasteiger partial charge < -0.3 is 5.32 Å². The topological polar surface area (TPSA) is 29.1 Å². The van der Waals surface area contributed by atoms with Crippen LogP contribution in [0.1, 0.15) is 42.3 Å². The minimum absolute atomic E-state index is 0.191. The van der Waals surface area contributed by atoms with E-state index in [0.29, 0.717) is 5.56 Å². The fourth-order valence-corrected chi connectivity index (χ4v) is 2.01. The average Bonchev–Trinajstić information content (AvgIpc) is 2.45. The minimum atomic E-state index is 0.191. The molecule has 0 fully saturated rings. The molecule has 0 aliphatic heterocycles. The van der Waals surface area contributed by atoms with E-state index in [2.05, 4.69) is 50.4 Å². The zero-order valence-corrected chi connectivity index (χ0v) is 12.3. The molecule has 0 saturated heterocycles. The van der Waals surface area contributed by atoms with E-state index in [4.69, 9.17) is 0 Å². The summed E-state index contributed by atoms with van der Waals surface area (Å²) in [4.78, 5) is 10.6. The van der Waals surface area contributed by atoms with E-state index in [1.54, 1.807) is 0 Å². The van der Waals surface area contributed by atoms with Gasteiger partial charge in [0.25, 0.3) is 0 Å². The molecular weight excluding hydrogens is 246 g/mol. The van der Waals surface area contributed by atoms with E-state index in [-0.39, 0.29) is 5.41 Å². The van der Waals surface area contributed by atoms with Crippen LogP contribution in [0.2, 0.25) is 0 Å². The Morgan fingerprint density at radius 2 is 1.55 bits per heavy atom. The Balaban J connectivity index is 1.98. The Morgan fingerprint density at radius 1 is 0.950 bits per heavy atom. The normalized spacial score (nSPS) is 11.2. The quantitative estimate of drug-likeness (QED) is 0.831. The van der Waals surface area contributed by atoms with Crippen molar-refractivity contribution in [1.29, 1.82) is 0 Å². The van der Waals surface area contributed by atoms with Gasteiger partial charge in [-0.25, -0.2) is 0 Å². The van der Waals surface area contributed by atoms with Gasteiger partial charge in [0.2, 0.25) is 0 Å². The van der Waals surface area contributed by atoms with Crippen LogP contribution in [0.25, 0.3) is 0 Å². The lowest BCUT2D eigenvalue weighted by Crippen LogP contribution is -2.11. The molecule has 0 heterocycles. The SMILES string of the molecule is CC(C)(C)c1ccc(CNc2ccc(C=O)cc2)cc1. The average molecular weight is 267 g/mol. The highest BCUT2D eigenvalue weighted by Gasteiger charge is 2.12. The Kier molecular flexibility index (Phi) is 4.23. The molecule has 0 aromatic heterocycles. The maximum absolute atomic E-state index is 10.6. The largest absolute Gasteiger partial charge is 0.381 e. The van der Waals surface area contributed by atoms with Gasteiger partial charge in [0.05, 0.1) is 0 Å². The molecule has 2 aromatic rings. The zero-order chi connectivity index (χ0) is 14.6. The molecule has 0 aliphatic carbocycles. The third kappa shape index (κ3) is 3.70. The van der Waals surface area contributed by atoms with Crippen molar-refractivity contribution in [2.75, 3.05) is 5.32 Å². The highest BCUT2D eigenvalue weighted by Crippen LogP contribution is 2.22. The Bertz CT molecular complexity index is 562. The van der Waals surface area contributed by atoms with Gasteiger partial charge >= 0.3 is 0 Å². The van der Waals surface area contributed by atoms with E-state index in [0.717, 1.165) is 18.5 Å². The lowest BCUT2D eigenvalue weighted by molar-refractivity contribution is 0.112. The van der Waals surface area contributed by atoms with Crippen LogP contribution >= 0.6 is 0 Å². The second-order valence-corrected chi connectivity index (χ2v) is 6.04. The summed E-state index contributed by atoms with van der Waals surface area (Å²) < 4.78 is 0. The lowest BCUT2D eigenvalue weighted by atomic mass is 9.87. The molecule has 0 atom stereocenters. The van der Waals surface area contributed by atoms with Gasteiger partial charge in [-0.05, 0) is 40.8 Å². The fraction of sp³-hybridized carbons (Fsp3) is 0.278. The summed E-state index contributed by atoms with van der Waals surface area (Å²) in [5.41, 5.74) is 4.51. The lowest BCUT2D eigenvalue weighted by Gasteiger charge is -2.19. The van der Waals surface area contributed by atoms with Crippen LogP contribution in [0.15, 0.2) is 48.5 Å². The third-order valence-corrected chi connectivity index (χ3v) is 3.36. The van der Waals surface area contributed by atoms with Gasteiger partial charge in [-0.3, -0.25) is 4.79 Å². The molecule has 2 aromatic carbocycles. The maximum Gasteiger partial charge on any atom is 0.150 e. The molecule has 0 amide bonds. The summed E-state index contributed by atoms with van der Waals surface area (Å²) in [7, 11) is 0. The van der Waals surface area contributed by atoms with E-state index >= 15 is 0 Å². The number of benzene rings is 2. The van der Waals surface area contributed by atoms with E-state index in [1.807, 2.05) is 24.3 Å². The van der Waals surface area contributed by atoms with Crippen LogP contribution < -0.4 is 5.32 Å². The molecule has 1 N–H and O–H groups in total. The summed E-state index contributed by atoms with van der Waals surface area (Å²) >= 11 is 0. The van der Waals surface area contributed by atoms with Gasteiger partial charge in [-0.15, -0.1) is 0 Å². The number of nitrogens with one attached hydrogen (secondary N) is 1. The number of rotatable bonds is 4. The van der Waals surface area contributed by atoms with Crippen molar-refractivity contribution in [3.8, 4) is 0 Å². The predicted octanol–water partition coefficient (Wildman–Crippen LogP) is 4.41. The van der Waals surface area contributed by atoms with Crippen LogP contribution in [0.5, 0.6) is 0 Å². The smallest absolute Gasteiger partial charge is 0.150 e. The van der Waals surface area contributed by atoms with Gasteiger partial charge in [0, 0.05) is 17.8 Å². The number of anilines is 1. The Hall–Kier alpha value is -2.09. The third-order valence-electron chi connectivity index (χ3n) is 3.36. The van der Waals surface area contributed by atoms with Gasteiger partial charge in [0.1, 0.15) is 6.29 Å². The van der Waals surface area contributed by atoms with Gasteiger partial charge in [-0.2, -0.15) is 0 Å². The monoisotopic (exact) mass is 267 g/mol. The Morgan fingerprint density at radius 3 is 2.05 bits per heavy atom. The maximum atomic E-state index is 10.6. The summed E-state index contributed by atoms with van der Waals surface area (Å²) in [6.07, 6.45) is 0.856. The van der Waals surface area contributed by atoms with Crippen molar-refractivity contribution in [3.63, 3.8) is 0 Å². The molecule has 0 saturated carbocycles. The van der Waals surface area contributed by atoms with Crippen LogP contribution in [0, 0.1) is 0 Å². The number of hydrogen-bond acceptors (Lipinski definition) is 2. The molecule has 0 aliphatic rings. The highest BCUT2D eigenvalue weighted by atomic mass is 16.1. The second-order valence-electron chi connectivity index (χ2n) is 6.04. The molecule has 0 spiro atoms. The molecule has 2 heteroatoms. The summed E-state index contributed by atoms with van der Waals surface area (Å²) in [6.45, 7) is 7.43. The number of carbonyl (C=O) groups is 1. The minimum Gasteiger partial charge on any atom is -0.381 e. The van der Waals surface area contributed by atoms with Crippen LogP contribution in [-0.2, 0) is 12.0 Å². The van der Waals surface area contributed by atoms with Gasteiger partial charge in [0.15, 0.2) is 0 Å². The van der Waals surface area contributed by atoms with Crippen LogP contribution in [-0.4, -0.2) is 6.29 Å². The first-order valence-corrected chi connectivity index (χ1v) is 6.87. The molecular formula is C18H21NO. The fourth-order valence-electron chi connectivity index (χ4n) is 2.01. The first-order chi connectivity index (χ1) is 9.49. The highest BCUT2D eigenvalue weighted by molar-refractivity contribution is 5.75. The molecule has 2 rings (SSSR count). The van der Waals surface area contributed by atoms with Crippen LogP contribution in [0.3, 0.4) is 0 Å². The second kappa shape index (κ2) is 5.91. The van der Waals surface area contributed by atoms with Crippen molar-refractivity contribution in [1.82, 2.24) is 0 Å². The van der Waals surface area contributed by atoms with Crippen molar-refractivity contribution in [3.05, 3.63) is 65.2 Å². The van der Waals surface area contributed by atoms with Crippen molar-refractivity contribution in [2.45, 2.75) is 32.7 Å².